The molecule has 1 heterocycles. The molecular formula is C14H14N4S. The van der Waals surface area contributed by atoms with Gasteiger partial charge >= 0.3 is 0 Å². The molecule has 0 atom stereocenters. The highest BCUT2D eigenvalue weighted by Gasteiger charge is 2.07. The van der Waals surface area contributed by atoms with Gasteiger partial charge in [0, 0.05) is 23.8 Å². The van der Waals surface area contributed by atoms with Crippen molar-refractivity contribution in [2.24, 2.45) is 0 Å². The number of hydrogen-bond donors (Lipinski definition) is 1. The highest BCUT2D eigenvalue weighted by molar-refractivity contribution is 7.99. The Morgan fingerprint density at radius 3 is 2.79 bits per heavy atom. The lowest BCUT2D eigenvalue weighted by Gasteiger charge is -2.06. The largest absolute Gasteiger partial charge is 0.313 e. The number of nitrogens with zero attached hydrogens (tertiary/aromatic N) is 3. The zero-order valence-electron chi connectivity index (χ0n) is 10.6. The number of aromatic nitrogens is 2. The molecule has 0 saturated carbocycles. The molecule has 0 aliphatic heterocycles. The summed E-state index contributed by atoms with van der Waals surface area (Å²) in [5, 5.41) is 13.1. The second-order valence-corrected chi connectivity index (χ2v) is 4.87. The van der Waals surface area contributed by atoms with Gasteiger partial charge < -0.3 is 5.32 Å². The Balaban J connectivity index is 2.19. The number of nitrogens with one attached hydrogen (secondary N) is 1. The first-order chi connectivity index (χ1) is 9.33. The first-order valence-electron chi connectivity index (χ1n) is 6.02. The van der Waals surface area contributed by atoms with Gasteiger partial charge in [0.05, 0.1) is 5.56 Å². The molecule has 4 nitrogen and oxygen atoms in total. The fourth-order valence-electron chi connectivity index (χ4n) is 1.57. The summed E-state index contributed by atoms with van der Waals surface area (Å²) in [7, 11) is 0. The third kappa shape index (κ3) is 3.78. The zero-order valence-corrected chi connectivity index (χ0v) is 11.4. The summed E-state index contributed by atoms with van der Waals surface area (Å²) in [6.45, 7) is 3.75. The van der Waals surface area contributed by atoms with Crippen LogP contribution in [0.4, 0.5) is 0 Å². The lowest BCUT2D eigenvalue weighted by Crippen LogP contribution is -2.11. The second-order valence-electron chi connectivity index (χ2n) is 3.86. The minimum atomic E-state index is 0.651. The molecule has 0 bridgehead atoms. The van der Waals surface area contributed by atoms with Crippen LogP contribution in [0.1, 0.15) is 18.1 Å². The van der Waals surface area contributed by atoms with E-state index in [1.807, 2.05) is 18.2 Å². The fourth-order valence-corrected chi connectivity index (χ4v) is 2.34. The van der Waals surface area contributed by atoms with Gasteiger partial charge in [0.25, 0.3) is 0 Å². The molecule has 0 unspecified atom stereocenters. The maximum atomic E-state index is 9.22. The summed E-state index contributed by atoms with van der Waals surface area (Å²) < 4.78 is 0. The average Bonchev–Trinajstić information content (AvgIpc) is 2.47. The third-order valence-corrected chi connectivity index (χ3v) is 3.46. The Hall–Kier alpha value is -1.90. The van der Waals surface area contributed by atoms with Crippen LogP contribution in [0.5, 0.6) is 0 Å². The van der Waals surface area contributed by atoms with Crippen LogP contribution in [0.2, 0.25) is 0 Å². The van der Waals surface area contributed by atoms with E-state index in [9.17, 15) is 5.26 Å². The van der Waals surface area contributed by atoms with Crippen LogP contribution in [0, 0.1) is 11.3 Å². The van der Waals surface area contributed by atoms with Gasteiger partial charge in [0.1, 0.15) is 6.07 Å². The summed E-state index contributed by atoms with van der Waals surface area (Å²) in [5.74, 6) is 0. The summed E-state index contributed by atoms with van der Waals surface area (Å²) in [4.78, 5) is 9.19. The van der Waals surface area contributed by atoms with Crippen LogP contribution < -0.4 is 5.32 Å². The van der Waals surface area contributed by atoms with E-state index in [2.05, 4.69) is 28.3 Å². The molecule has 0 aliphatic carbocycles. The molecule has 1 aromatic heterocycles. The Kier molecular flexibility index (Phi) is 4.90. The smallest absolute Gasteiger partial charge is 0.192 e. The van der Waals surface area contributed by atoms with Crippen molar-refractivity contribution in [3.05, 3.63) is 47.8 Å². The van der Waals surface area contributed by atoms with Crippen LogP contribution in [0.15, 0.2) is 46.7 Å². The van der Waals surface area contributed by atoms with E-state index in [0.29, 0.717) is 10.7 Å². The van der Waals surface area contributed by atoms with Crippen molar-refractivity contribution < 1.29 is 0 Å². The van der Waals surface area contributed by atoms with E-state index < -0.39 is 0 Å². The molecule has 2 rings (SSSR count). The molecule has 1 N–H and O–H groups in total. The average molecular weight is 270 g/mol. The van der Waals surface area contributed by atoms with Crippen LogP contribution in [-0.4, -0.2) is 16.5 Å². The van der Waals surface area contributed by atoms with Crippen molar-refractivity contribution in [1.82, 2.24) is 15.3 Å². The van der Waals surface area contributed by atoms with Crippen LogP contribution in [0.3, 0.4) is 0 Å². The van der Waals surface area contributed by atoms with E-state index in [4.69, 9.17) is 0 Å². The normalized spacial score (nSPS) is 10.1. The highest BCUT2D eigenvalue weighted by Crippen LogP contribution is 2.27. The Bertz CT molecular complexity index is 578. The SMILES string of the molecule is CCNCc1ccc(Sc2ncccn2)c(C#N)c1. The van der Waals surface area contributed by atoms with Gasteiger partial charge in [-0.05, 0) is 42.1 Å². The monoisotopic (exact) mass is 270 g/mol. The fraction of sp³-hybridized carbons (Fsp3) is 0.214. The van der Waals surface area contributed by atoms with Gasteiger partial charge in [-0.3, -0.25) is 0 Å². The molecule has 0 amide bonds. The highest BCUT2D eigenvalue weighted by atomic mass is 32.2. The molecule has 0 aliphatic rings. The maximum absolute atomic E-state index is 9.22. The van der Waals surface area contributed by atoms with Crippen molar-refractivity contribution in [1.29, 1.82) is 5.26 Å². The third-order valence-electron chi connectivity index (χ3n) is 2.49. The molecule has 5 heteroatoms. The van der Waals surface area contributed by atoms with Gasteiger partial charge in [-0.15, -0.1) is 0 Å². The minimum absolute atomic E-state index is 0.651. The van der Waals surface area contributed by atoms with Gasteiger partial charge in [-0.25, -0.2) is 9.97 Å². The van der Waals surface area contributed by atoms with Gasteiger partial charge in [-0.1, -0.05) is 13.0 Å². The van der Waals surface area contributed by atoms with E-state index >= 15 is 0 Å². The number of nitriles is 1. The molecular weight excluding hydrogens is 256 g/mol. The first kappa shape index (κ1) is 13.5. The molecule has 2 aromatic rings. The predicted molar refractivity (Wildman–Crippen MR) is 74.7 cm³/mol. The quantitative estimate of drug-likeness (QED) is 0.846. The molecule has 1 aromatic carbocycles. The van der Waals surface area contributed by atoms with Gasteiger partial charge in [-0.2, -0.15) is 5.26 Å². The van der Waals surface area contributed by atoms with E-state index in [0.717, 1.165) is 23.5 Å². The molecule has 0 spiro atoms. The lowest BCUT2D eigenvalue weighted by molar-refractivity contribution is 0.726. The summed E-state index contributed by atoms with van der Waals surface area (Å²) in [6, 6.07) is 9.88. The van der Waals surface area contributed by atoms with E-state index in [1.54, 1.807) is 18.5 Å². The van der Waals surface area contributed by atoms with Gasteiger partial charge in [0.15, 0.2) is 5.16 Å². The van der Waals surface area contributed by atoms with Crippen molar-refractivity contribution in [3.8, 4) is 6.07 Å². The number of benzene rings is 1. The van der Waals surface area contributed by atoms with Crippen molar-refractivity contribution in [2.45, 2.75) is 23.5 Å². The summed E-state index contributed by atoms with van der Waals surface area (Å²) in [5.41, 5.74) is 1.77. The minimum Gasteiger partial charge on any atom is -0.313 e. The van der Waals surface area contributed by atoms with Crippen LogP contribution in [-0.2, 0) is 6.54 Å². The van der Waals surface area contributed by atoms with Crippen molar-refractivity contribution in [3.63, 3.8) is 0 Å². The standard InChI is InChI=1S/C14H14N4S/c1-2-16-10-11-4-5-13(12(8-11)9-15)19-14-17-6-3-7-18-14/h3-8,16H,2,10H2,1H3. The predicted octanol–water partition coefficient (Wildman–Crippen LogP) is 2.61. The topological polar surface area (TPSA) is 61.6 Å². The molecule has 0 radical (unpaired) electrons. The lowest BCUT2D eigenvalue weighted by atomic mass is 10.1. The molecule has 0 saturated heterocycles. The molecule has 96 valence electrons. The maximum Gasteiger partial charge on any atom is 0.192 e. The van der Waals surface area contributed by atoms with Crippen LogP contribution in [0.25, 0.3) is 0 Å². The zero-order chi connectivity index (χ0) is 13.5. The van der Waals surface area contributed by atoms with Crippen molar-refractivity contribution >= 4 is 11.8 Å². The second kappa shape index (κ2) is 6.88. The Morgan fingerprint density at radius 1 is 1.32 bits per heavy atom. The molecule has 0 fully saturated rings. The summed E-state index contributed by atoms with van der Waals surface area (Å²) >= 11 is 1.41. The van der Waals surface area contributed by atoms with Crippen LogP contribution >= 0.6 is 11.8 Å². The van der Waals surface area contributed by atoms with Gasteiger partial charge in [0.2, 0.25) is 0 Å². The van der Waals surface area contributed by atoms with E-state index in [1.165, 1.54) is 11.8 Å². The Labute approximate surface area is 116 Å². The number of rotatable bonds is 5. The number of hydrogen-bond acceptors (Lipinski definition) is 5. The molecule has 19 heavy (non-hydrogen) atoms. The Morgan fingerprint density at radius 2 is 2.11 bits per heavy atom. The van der Waals surface area contributed by atoms with Crippen molar-refractivity contribution in [2.75, 3.05) is 6.54 Å². The van der Waals surface area contributed by atoms with E-state index in [-0.39, 0.29) is 0 Å². The first-order valence-corrected chi connectivity index (χ1v) is 6.83. The summed E-state index contributed by atoms with van der Waals surface area (Å²) in [6.07, 6.45) is 3.39.